The van der Waals surface area contributed by atoms with Crippen LogP contribution in [0.15, 0.2) is 45.2 Å². The second-order valence-corrected chi connectivity index (χ2v) is 8.29. The molecule has 1 aromatic carbocycles. The molecule has 1 aromatic heterocycles. The van der Waals surface area contributed by atoms with Crippen LogP contribution in [-0.4, -0.2) is 26.5 Å². The molecule has 3 rings (SSSR count). The Morgan fingerprint density at radius 3 is 2.88 bits per heavy atom. The highest BCUT2D eigenvalue weighted by atomic mass is 32.2. The summed E-state index contributed by atoms with van der Waals surface area (Å²) < 4.78 is 1.67. The highest BCUT2D eigenvalue weighted by molar-refractivity contribution is 8.00. The van der Waals surface area contributed by atoms with Crippen molar-refractivity contribution < 1.29 is 4.79 Å². The summed E-state index contributed by atoms with van der Waals surface area (Å²) in [6.45, 7) is 5.10. The van der Waals surface area contributed by atoms with E-state index in [0.29, 0.717) is 23.5 Å². The number of thioether (sulfide) groups is 2. The molecular weight excluding hydrogens is 354 g/mol. The fourth-order valence-electron chi connectivity index (χ4n) is 2.70. The molecule has 2 heterocycles. The average Bonchev–Trinajstić information content (AvgIpc) is 3.00. The normalized spacial score (nSPS) is 15.8. The van der Waals surface area contributed by atoms with Gasteiger partial charge in [-0.2, -0.15) is 0 Å². The maximum absolute atomic E-state index is 12.6. The van der Waals surface area contributed by atoms with Crippen molar-refractivity contribution in [3.63, 3.8) is 0 Å². The van der Waals surface area contributed by atoms with Crippen molar-refractivity contribution in [3.05, 3.63) is 51.9 Å². The molecule has 0 fully saturated rings. The predicted octanol–water partition coefficient (Wildman–Crippen LogP) is 2.71. The van der Waals surface area contributed by atoms with Gasteiger partial charge in [0.25, 0.3) is 5.56 Å². The van der Waals surface area contributed by atoms with Gasteiger partial charge in [0.2, 0.25) is 5.91 Å². The van der Waals surface area contributed by atoms with Crippen molar-refractivity contribution in [2.45, 2.75) is 48.7 Å². The average molecular weight is 376 g/mol. The van der Waals surface area contributed by atoms with Crippen molar-refractivity contribution >= 4 is 29.4 Å². The quantitative estimate of drug-likeness (QED) is 0.621. The maximum atomic E-state index is 12.6. The first-order chi connectivity index (χ1) is 12.1. The minimum atomic E-state index is -0.0611. The smallest absolute Gasteiger partial charge is 0.268 e. The standard InChI is InChI=1S/C18H21N3O2S2/c1-3-21-17(23)16-14(9-12(2)25-16)20-18(21)24-11-15(22)19-10-13-7-5-4-6-8-13/h4-8,12H,3,9-11H2,1-2H3,(H,19,22)/t12-/m1/s1. The van der Waals surface area contributed by atoms with E-state index in [1.807, 2.05) is 37.3 Å². The van der Waals surface area contributed by atoms with Gasteiger partial charge in [-0.15, -0.1) is 11.8 Å². The highest BCUT2D eigenvalue weighted by Gasteiger charge is 2.26. The summed E-state index contributed by atoms with van der Waals surface area (Å²) in [5, 5.41) is 3.92. The van der Waals surface area contributed by atoms with E-state index >= 15 is 0 Å². The van der Waals surface area contributed by atoms with Gasteiger partial charge < -0.3 is 5.32 Å². The first kappa shape index (κ1) is 18.1. The van der Waals surface area contributed by atoms with Gasteiger partial charge >= 0.3 is 0 Å². The molecule has 2 aromatic rings. The molecule has 132 valence electrons. The minimum absolute atomic E-state index is 0.0223. The Morgan fingerprint density at radius 1 is 1.40 bits per heavy atom. The zero-order chi connectivity index (χ0) is 17.8. The Balaban J connectivity index is 1.65. The first-order valence-corrected chi connectivity index (χ1v) is 10.2. The van der Waals surface area contributed by atoms with E-state index in [4.69, 9.17) is 0 Å². The lowest BCUT2D eigenvalue weighted by Crippen LogP contribution is -2.27. The van der Waals surface area contributed by atoms with E-state index in [2.05, 4.69) is 17.2 Å². The molecule has 25 heavy (non-hydrogen) atoms. The molecular formula is C18H21N3O2S2. The van der Waals surface area contributed by atoms with E-state index in [-0.39, 0.29) is 17.2 Å². The van der Waals surface area contributed by atoms with Gasteiger partial charge in [-0.25, -0.2) is 4.98 Å². The van der Waals surface area contributed by atoms with Crippen LogP contribution in [0.2, 0.25) is 0 Å². The number of fused-ring (bicyclic) bond motifs is 1. The minimum Gasteiger partial charge on any atom is -0.351 e. The molecule has 0 unspecified atom stereocenters. The monoisotopic (exact) mass is 375 g/mol. The summed E-state index contributed by atoms with van der Waals surface area (Å²) in [4.78, 5) is 30.1. The second kappa shape index (κ2) is 8.10. The van der Waals surface area contributed by atoms with Crippen LogP contribution < -0.4 is 10.9 Å². The van der Waals surface area contributed by atoms with Gasteiger partial charge in [0, 0.05) is 24.8 Å². The Bertz CT molecular complexity index is 821. The topological polar surface area (TPSA) is 64.0 Å². The van der Waals surface area contributed by atoms with E-state index in [1.165, 1.54) is 11.8 Å². The molecule has 1 N–H and O–H groups in total. The Morgan fingerprint density at radius 2 is 2.16 bits per heavy atom. The van der Waals surface area contributed by atoms with Crippen LogP contribution in [0.5, 0.6) is 0 Å². The molecule has 0 aliphatic carbocycles. The molecule has 5 nitrogen and oxygen atoms in total. The largest absolute Gasteiger partial charge is 0.351 e. The number of nitrogens with one attached hydrogen (secondary N) is 1. The lowest BCUT2D eigenvalue weighted by atomic mass is 10.2. The van der Waals surface area contributed by atoms with Crippen LogP contribution >= 0.6 is 23.5 Å². The summed E-state index contributed by atoms with van der Waals surface area (Å²) in [6, 6.07) is 9.79. The highest BCUT2D eigenvalue weighted by Crippen LogP contribution is 2.34. The summed E-state index contributed by atoms with van der Waals surface area (Å²) in [5.74, 6) is 0.190. The number of carbonyl (C=O) groups excluding carboxylic acids is 1. The van der Waals surface area contributed by atoms with Crippen LogP contribution in [0.3, 0.4) is 0 Å². The van der Waals surface area contributed by atoms with Crippen LogP contribution in [0, 0.1) is 0 Å². The Hall–Kier alpha value is -1.73. The van der Waals surface area contributed by atoms with Gasteiger partial charge in [-0.05, 0) is 12.5 Å². The summed E-state index contributed by atoms with van der Waals surface area (Å²) in [7, 11) is 0. The van der Waals surface area contributed by atoms with Crippen molar-refractivity contribution in [1.82, 2.24) is 14.9 Å². The van der Waals surface area contributed by atoms with E-state index in [0.717, 1.165) is 22.6 Å². The summed E-state index contributed by atoms with van der Waals surface area (Å²) in [6.07, 6.45) is 0.813. The molecule has 0 saturated carbocycles. The molecule has 0 spiro atoms. The lowest BCUT2D eigenvalue weighted by molar-refractivity contribution is -0.118. The lowest BCUT2D eigenvalue weighted by Gasteiger charge is -2.11. The van der Waals surface area contributed by atoms with Gasteiger partial charge in [0.05, 0.1) is 16.3 Å². The Labute approximate surface area is 155 Å². The van der Waals surface area contributed by atoms with Crippen molar-refractivity contribution in [2.75, 3.05) is 5.75 Å². The number of hydrogen-bond acceptors (Lipinski definition) is 5. The molecule has 1 aliphatic rings. The third-order valence-electron chi connectivity index (χ3n) is 3.94. The van der Waals surface area contributed by atoms with E-state index in [9.17, 15) is 9.59 Å². The van der Waals surface area contributed by atoms with Crippen molar-refractivity contribution in [2.24, 2.45) is 0 Å². The second-order valence-electron chi connectivity index (χ2n) is 5.90. The van der Waals surface area contributed by atoms with E-state index in [1.54, 1.807) is 16.3 Å². The fourth-order valence-corrected chi connectivity index (χ4v) is 4.72. The number of benzene rings is 1. The number of rotatable bonds is 6. The fraction of sp³-hybridized carbons (Fsp3) is 0.389. The van der Waals surface area contributed by atoms with Crippen LogP contribution in [0.25, 0.3) is 0 Å². The molecule has 0 radical (unpaired) electrons. The number of aromatic nitrogens is 2. The summed E-state index contributed by atoms with van der Waals surface area (Å²) in [5.41, 5.74) is 1.96. The molecule has 0 bridgehead atoms. The number of nitrogens with zero attached hydrogens (tertiary/aromatic N) is 2. The van der Waals surface area contributed by atoms with E-state index < -0.39 is 0 Å². The first-order valence-electron chi connectivity index (χ1n) is 8.32. The third kappa shape index (κ3) is 4.27. The van der Waals surface area contributed by atoms with Crippen LogP contribution in [-0.2, 0) is 24.3 Å². The summed E-state index contributed by atoms with van der Waals surface area (Å²) >= 11 is 2.93. The molecule has 1 amide bonds. The predicted molar refractivity (Wildman–Crippen MR) is 102 cm³/mol. The zero-order valence-corrected chi connectivity index (χ0v) is 16.0. The molecule has 0 saturated heterocycles. The van der Waals surface area contributed by atoms with Gasteiger partial charge in [-0.3, -0.25) is 14.2 Å². The SMILES string of the molecule is CCn1c(SCC(=O)NCc2ccccc2)nc2c(c1=O)S[C@H](C)C2. The van der Waals surface area contributed by atoms with Crippen LogP contribution in [0.4, 0.5) is 0 Å². The van der Waals surface area contributed by atoms with Gasteiger partial charge in [-0.1, -0.05) is 49.0 Å². The number of amides is 1. The molecule has 1 atom stereocenters. The number of carbonyl (C=O) groups is 1. The van der Waals surface area contributed by atoms with Crippen molar-refractivity contribution in [1.29, 1.82) is 0 Å². The number of hydrogen-bond donors (Lipinski definition) is 1. The Kier molecular flexibility index (Phi) is 5.86. The third-order valence-corrected chi connectivity index (χ3v) is 6.14. The molecule has 1 aliphatic heterocycles. The van der Waals surface area contributed by atoms with Gasteiger partial charge in [0.1, 0.15) is 0 Å². The van der Waals surface area contributed by atoms with Crippen LogP contribution in [0.1, 0.15) is 25.1 Å². The zero-order valence-electron chi connectivity index (χ0n) is 14.3. The van der Waals surface area contributed by atoms with Gasteiger partial charge in [0.15, 0.2) is 5.16 Å². The maximum Gasteiger partial charge on any atom is 0.268 e. The molecule has 7 heteroatoms. The van der Waals surface area contributed by atoms with Crippen molar-refractivity contribution in [3.8, 4) is 0 Å².